The lowest BCUT2D eigenvalue weighted by Crippen LogP contribution is -2.30. The highest BCUT2D eigenvalue weighted by Gasteiger charge is 2.13. The van der Waals surface area contributed by atoms with E-state index in [1.54, 1.807) is 0 Å². The molecule has 4 heteroatoms. The smallest absolute Gasteiger partial charge is 0.421 e. The molecule has 0 fully saturated rings. The Bertz CT molecular complexity index is 255. The first-order valence-corrected chi connectivity index (χ1v) is 7.13. The van der Waals surface area contributed by atoms with Crippen molar-refractivity contribution >= 4 is 28.7 Å². The number of amides is 1. The van der Waals surface area contributed by atoms with Gasteiger partial charge in [0.05, 0.1) is 11.0 Å². The zero-order valence-electron chi connectivity index (χ0n) is 10.3. The number of rotatable bonds is 5. The Kier molecular flexibility index (Phi) is 9.49. The molecule has 0 N–H and O–H groups in total. The standard InChI is InChI=1S/C12H20INO2/c1-4-5-9-16-12(15)14(8-6-7-13)10-11(2)3/h11H,4-5,7,9-10H2,1-3H3. The molecular formula is C12H20INO2. The van der Waals surface area contributed by atoms with Crippen LogP contribution in [0.1, 0.15) is 33.6 Å². The van der Waals surface area contributed by atoms with Crippen LogP contribution in [-0.2, 0) is 4.74 Å². The van der Waals surface area contributed by atoms with Crippen LogP contribution in [0, 0.1) is 17.9 Å². The van der Waals surface area contributed by atoms with E-state index in [4.69, 9.17) is 4.74 Å². The Hall–Kier alpha value is -0.440. The highest BCUT2D eigenvalue weighted by Crippen LogP contribution is 2.01. The van der Waals surface area contributed by atoms with Gasteiger partial charge in [0.2, 0.25) is 0 Å². The van der Waals surface area contributed by atoms with Crippen molar-refractivity contribution in [2.75, 3.05) is 17.6 Å². The number of ether oxygens (including phenoxy) is 1. The summed E-state index contributed by atoms with van der Waals surface area (Å²) in [7, 11) is 0. The molecule has 0 aromatic carbocycles. The zero-order valence-corrected chi connectivity index (χ0v) is 12.4. The minimum atomic E-state index is -0.320. The Morgan fingerprint density at radius 3 is 2.69 bits per heavy atom. The van der Waals surface area contributed by atoms with Gasteiger partial charge in [0.25, 0.3) is 0 Å². The Morgan fingerprint density at radius 1 is 1.50 bits per heavy atom. The monoisotopic (exact) mass is 337 g/mol. The van der Waals surface area contributed by atoms with Crippen LogP contribution in [0.4, 0.5) is 4.79 Å². The maximum absolute atomic E-state index is 11.7. The SMILES string of the molecule is CCCCOC(=O)N(C#CCI)CC(C)C. The van der Waals surface area contributed by atoms with Crippen LogP contribution in [0.25, 0.3) is 0 Å². The number of halogens is 1. The van der Waals surface area contributed by atoms with E-state index in [9.17, 15) is 4.79 Å². The number of hydrogen-bond acceptors (Lipinski definition) is 2. The molecule has 92 valence electrons. The molecule has 0 bridgehead atoms. The minimum Gasteiger partial charge on any atom is -0.449 e. The lowest BCUT2D eigenvalue weighted by atomic mass is 10.2. The number of alkyl halides is 1. The van der Waals surface area contributed by atoms with Crippen LogP contribution in [0.5, 0.6) is 0 Å². The van der Waals surface area contributed by atoms with Crippen LogP contribution < -0.4 is 0 Å². The van der Waals surface area contributed by atoms with Gasteiger partial charge < -0.3 is 4.74 Å². The second kappa shape index (κ2) is 9.76. The lowest BCUT2D eigenvalue weighted by Gasteiger charge is -2.17. The van der Waals surface area contributed by atoms with Crippen molar-refractivity contribution in [3.63, 3.8) is 0 Å². The highest BCUT2D eigenvalue weighted by molar-refractivity contribution is 14.1. The van der Waals surface area contributed by atoms with E-state index in [-0.39, 0.29) is 6.09 Å². The number of nitrogens with zero attached hydrogens (tertiary/aromatic N) is 1. The summed E-state index contributed by atoms with van der Waals surface area (Å²) in [6.45, 7) is 7.27. The summed E-state index contributed by atoms with van der Waals surface area (Å²) in [5, 5.41) is 0. The van der Waals surface area contributed by atoms with Crippen molar-refractivity contribution in [1.29, 1.82) is 0 Å². The van der Waals surface area contributed by atoms with Gasteiger partial charge in [-0.15, -0.1) is 0 Å². The summed E-state index contributed by atoms with van der Waals surface area (Å²) < 4.78 is 5.84. The first kappa shape index (κ1) is 15.6. The van der Waals surface area contributed by atoms with Crippen LogP contribution in [0.2, 0.25) is 0 Å². The fourth-order valence-corrected chi connectivity index (χ4v) is 1.21. The fourth-order valence-electron chi connectivity index (χ4n) is 1.04. The highest BCUT2D eigenvalue weighted by atomic mass is 127. The van der Waals surface area contributed by atoms with Gasteiger partial charge in [-0.1, -0.05) is 55.7 Å². The largest absolute Gasteiger partial charge is 0.449 e. The summed E-state index contributed by atoms with van der Waals surface area (Å²) in [6.07, 6.45) is 1.61. The molecule has 0 aliphatic rings. The maximum Gasteiger partial charge on any atom is 0.421 e. The van der Waals surface area contributed by atoms with Crippen LogP contribution in [0.15, 0.2) is 0 Å². The van der Waals surface area contributed by atoms with Gasteiger partial charge in [-0.2, -0.15) is 0 Å². The van der Waals surface area contributed by atoms with E-state index >= 15 is 0 Å². The van der Waals surface area contributed by atoms with Gasteiger partial charge in [0.1, 0.15) is 0 Å². The summed E-state index contributed by atoms with van der Waals surface area (Å²) in [5.74, 6) is 3.28. The topological polar surface area (TPSA) is 29.5 Å². The third-order valence-electron chi connectivity index (χ3n) is 1.77. The van der Waals surface area contributed by atoms with Gasteiger partial charge in [-0.25, -0.2) is 9.69 Å². The van der Waals surface area contributed by atoms with Crippen LogP contribution in [0.3, 0.4) is 0 Å². The third-order valence-corrected chi connectivity index (χ3v) is 2.15. The van der Waals surface area contributed by atoms with Crippen molar-refractivity contribution in [3.8, 4) is 12.0 Å². The van der Waals surface area contributed by atoms with E-state index in [2.05, 4.69) is 55.3 Å². The predicted molar refractivity (Wildman–Crippen MR) is 74.5 cm³/mol. The molecule has 0 saturated carbocycles. The molecule has 0 unspecified atom stereocenters. The number of unbranched alkanes of at least 4 members (excludes halogenated alkanes) is 1. The number of carbonyl (C=O) groups excluding carboxylic acids is 1. The molecule has 0 radical (unpaired) electrons. The van der Waals surface area contributed by atoms with E-state index < -0.39 is 0 Å². The van der Waals surface area contributed by atoms with Crippen molar-refractivity contribution in [1.82, 2.24) is 4.90 Å². The van der Waals surface area contributed by atoms with E-state index in [1.807, 2.05) is 0 Å². The summed E-state index contributed by atoms with van der Waals surface area (Å²) in [4.78, 5) is 13.1. The third kappa shape index (κ3) is 7.80. The quantitative estimate of drug-likeness (QED) is 0.253. The molecule has 0 aromatic heterocycles. The van der Waals surface area contributed by atoms with Crippen LogP contribution in [-0.4, -0.2) is 28.6 Å². The molecule has 0 atom stereocenters. The maximum atomic E-state index is 11.7. The predicted octanol–water partition coefficient (Wildman–Crippen LogP) is 3.28. The van der Waals surface area contributed by atoms with Gasteiger partial charge in [0, 0.05) is 12.6 Å². The Labute approximate surface area is 112 Å². The van der Waals surface area contributed by atoms with Gasteiger partial charge >= 0.3 is 6.09 Å². The molecule has 0 saturated heterocycles. The van der Waals surface area contributed by atoms with Crippen molar-refractivity contribution in [2.45, 2.75) is 33.6 Å². The molecule has 0 aliphatic heterocycles. The molecule has 0 aliphatic carbocycles. The number of carbonyl (C=O) groups is 1. The fraction of sp³-hybridized carbons (Fsp3) is 0.750. The molecule has 1 amide bonds. The first-order chi connectivity index (χ1) is 7.61. The zero-order chi connectivity index (χ0) is 12.4. The van der Waals surface area contributed by atoms with E-state index in [0.717, 1.165) is 12.8 Å². The van der Waals surface area contributed by atoms with Crippen molar-refractivity contribution < 1.29 is 9.53 Å². The second-order valence-corrected chi connectivity index (χ2v) is 4.66. The summed E-state index contributed by atoms with van der Waals surface area (Å²) in [6, 6.07) is 2.83. The molecule has 16 heavy (non-hydrogen) atoms. The minimum absolute atomic E-state index is 0.320. The summed E-state index contributed by atoms with van der Waals surface area (Å²) >= 11 is 2.16. The van der Waals surface area contributed by atoms with E-state index in [0.29, 0.717) is 23.5 Å². The lowest BCUT2D eigenvalue weighted by molar-refractivity contribution is 0.115. The molecule has 0 aromatic rings. The van der Waals surface area contributed by atoms with E-state index in [1.165, 1.54) is 4.90 Å². The Morgan fingerprint density at radius 2 is 2.19 bits per heavy atom. The molecule has 3 nitrogen and oxygen atoms in total. The molecule has 0 spiro atoms. The average molecular weight is 337 g/mol. The molecule has 0 rings (SSSR count). The van der Waals surface area contributed by atoms with Crippen LogP contribution >= 0.6 is 22.6 Å². The van der Waals surface area contributed by atoms with Crippen molar-refractivity contribution in [3.05, 3.63) is 0 Å². The normalized spacial score (nSPS) is 9.56. The number of hydrogen-bond donors (Lipinski definition) is 0. The molecular weight excluding hydrogens is 317 g/mol. The average Bonchev–Trinajstić information content (AvgIpc) is 2.23. The van der Waals surface area contributed by atoms with Gasteiger partial charge in [-0.05, 0) is 12.3 Å². The summed E-state index contributed by atoms with van der Waals surface area (Å²) in [5.41, 5.74) is 0. The first-order valence-electron chi connectivity index (χ1n) is 5.60. The second-order valence-electron chi connectivity index (χ2n) is 3.89. The Balaban J connectivity index is 4.21. The van der Waals surface area contributed by atoms with Crippen molar-refractivity contribution in [2.24, 2.45) is 5.92 Å². The van der Waals surface area contributed by atoms with Gasteiger partial charge in [0.15, 0.2) is 0 Å². The van der Waals surface area contributed by atoms with Gasteiger partial charge in [-0.3, -0.25) is 0 Å². The molecule has 0 heterocycles.